The number of hydrogen-bond donors (Lipinski definition) is 6. The van der Waals surface area contributed by atoms with Gasteiger partial charge in [0, 0.05) is 104 Å². The third kappa shape index (κ3) is 20.8. The molecule has 14 rings (SSSR count). The Bertz CT molecular complexity index is 3810. The van der Waals surface area contributed by atoms with Crippen molar-refractivity contribution in [2.75, 3.05) is 41.7 Å². The summed E-state index contributed by atoms with van der Waals surface area (Å²) in [5.74, 6) is -4.25. The highest BCUT2D eigenvalue weighted by molar-refractivity contribution is 5.79. The first kappa shape index (κ1) is 96.5. The fourth-order valence-electron chi connectivity index (χ4n) is 21.8. The monoisotopic (exact) mass is 1740 g/mol. The van der Waals surface area contributed by atoms with Crippen LogP contribution in [0.1, 0.15) is 207 Å². The first-order chi connectivity index (χ1) is 58.5. The predicted molar refractivity (Wildman–Crippen MR) is 450 cm³/mol. The molecule has 123 heavy (non-hydrogen) atoms. The number of methoxy groups -OCH3 is 4. The van der Waals surface area contributed by atoms with Gasteiger partial charge in [-0.15, -0.1) is 0 Å². The maximum Gasteiger partial charge on any atom is 0.316 e. The highest BCUT2D eigenvalue weighted by Gasteiger charge is 2.63. The highest BCUT2D eigenvalue weighted by atomic mass is 16.8. The molecule has 10 fully saturated rings. The van der Waals surface area contributed by atoms with E-state index in [9.17, 15) is 40.2 Å². The number of allylic oxidation sites excluding steroid dienone is 4. The molecular weight excluding hydrogens is 1590 g/mol. The van der Waals surface area contributed by atoms with Crippen molar-refractivity contribution in [1.82, 2.24) is 0 Å². The van der Waals surface area contributed by atoms with Crippen LogP contribution in [0.15, 0.2) is 94.2 Å². The number of aliphatic hydroxyl groups is 6. The fraction of sp³-hybridized carbons (Fsp3) is 0.811. The van der Waals surface area contributed by atoms with Crippen molar-refractivity contribution in [3.05, 3.63) is 94.2 Å². The standard InChI is InChI=1S/C48H74O14.C47H72O14/c1-11-25(2)43-28(5)17-18-47(62-43)23-34-20-33(61-47)16-15-27(4)42(26(3)13-12-14-32-24-55-45-40(49)29(6)19-35(46(51)58-34)48(32,45)52)59-39-22-37(54-10)44(31(8)57-39)60-38-21-36(53-9)41(50)30(7)56-38;1-24(2)41-27(5)16-17-46(61-41)22-33-19-32(60-46)15-14-26(4)42(25(3)12-11-13-31-23-54-44-39(48)28(6)18-34(45(50)57-33)47(31,44)51)58-38-21-36(53-10)43(30(8)56-38)59-37-20-35(52-9)40(49)29(7)55-37/h12-15,19,25-26,28,30-31,33-45,49-50,52H,11,16-18,20-24H2,1-10H3;11-14,18,24-25,27,29-30,32-44,48-49,51H,15-17,19-23H2,1-10H3/b13-12+,27-15+,32-14+;12-11+,26-14+,31-13+/t25-,26-,28-,30-,31-,33+,34-,35-,36-,37-,38-,39-,40+,41-,42-,43+,44?,45+,47+,48+;25-,27-,29-,30-,32+,33-,34-,35-,36-,37-,38-,39+,40-,41+,42-,43?,44+,46+,47+/m00/s1. The lowest BCUT2D eigenvalue weighted by molar-refractivity contribution is -0.341. The van der Waals surface area contributed by atoms with Crippen molar-refractivity contribution in [1.29, 1.82) is 0 Å². The summed E-state index contributed by atoms with van der Waals surface area (Å²) in [6.45, 7) is 32.5. The van der Waals surface area contributed by atoms with E-state index in [0.29, 0.717) is 117 Å². The van der Waals surface area contributed by atoms with Crippen molar-refractivity contribution < 1.29 is 135 Å². The SMILES string of the molecule is CC[C@H](C)[C@H]1O[C@]2(CC[C@@H]1C)C[C@@H]1C[C@@H](C/C=C(\C)[C@@H](O[C@H]3C[C@H](OC)C(O[C@H]4C[C@H](OC)[C@@H](O)[C@H](C)O4)[C@H](C)O3)[C@@H](C)/C=C/C=C3\CO[C@@H]4[C@H](O)C(C)=C[C@@H](C(=O)O1)[C@]34O)O2.CO[C@H]1C[C@H](O[C@@H]2/C(C)=C/C[C@@H]3C[C@@H](C[C@]4(CC[C@H](C)[C@@H](C(C)C)O4)O3)OC(=O)[C@@H]3C=C(C)[C@@H](O)[C@H]4OC/C(=C\C=C\[C@@H]2C)[C@]43O)O[C@@H](C)C1O[C@H]1C[C@H](OC)[C@@H](O)[C@H](C)O1. The van der Waals surface area contributed by atoms with Gasteiger partial charge in [0.25, 0.3) is 0 Å². The summed E-state index contributed by atoms with van der Waals surface area (Å²) >= 11 is 0. The number of aliphatic hydroxyl groups excluding tert-OH is 4. The lowest BCUT2D eigenvalue weighted by atomic mass is 9.71. The molecule has 2 aliphatic carbocycles. The first-order valence-electron chi connectivity index (χ1n) is 45.8. The number of carbonyl (C=O) groups excluding carboxylic acids is 2. The Morgan fingerprint density at radius 3 is 1.24 bits per heavy atom. The van der Waals surface area contributed by atoms with E-state index < -0.39 is 182 Å². The van der Waals surface area contributed by atoms with Crippen LogP contribution in [0.3, 0.4) is 0 Å². The van der Waals surface area contributed by atoms with Crippen LogP contribution in [-0.2, 0) is 104 Å². The summed E-state index contributed by atoms with van der Waals surface area (Å²) in [5.41, 5.74) is 0.372. The van der Waals surface area contributed by atoms with E-state index in [0.717, 1.165) is 30.4 Å². The van der Waals surface area contributed by atoms with Crippen LogP contribution in [0.4, 0.5) is 0 Å². The van der Waals surface area contributed by atoms with Gasteiger partial charge in [0.1, 0.15) is 84.1 Å². The molecule has 2 unspecified atom stereocenters. The number of esters is 2. The molecule has 14 aliphatic rings. The molecule has 4 bridgehead atoms. The van der Waals surface area contributed by atoms with Crippen LogP contribution in [0.2, 0.25) is 0 Å². The van der Waals surface area contributed by atoms with Crippen LogP contribution in [0, 0.1) is 47.3 Å². The number of fused-ring (bicyclic) bond motifs is 4. The predicted octanol–water partition coefficient (Wildman–Crippen LogP) is 10.8. The Morgan fingerprint density at radius 1 is 0.472 bits per heavy atom. The third-order valence-corrected chi connectivity index (χ3v) is 29.3. The van der Waals surface area contributed by atoms with Gasteiger partial charge in [-0.3, -0.25) is 9.59 Å². The molecule has 0 saturated carbocycles. The van der Waals surface area contributed by atoms with E-state index in [1.807, 2.05) is 38.2 Å². The van der Waals surface area contributed by atoms with Crippen LogP contribution in [-0.4, -0.2) is 279 Å². The van der Waals surface area contributed by atoms with E-state index in [1.165, 1.54) is 0 Å². The topological polar surface area (TPSA) is 340 Å². The summed E-state index contributed by atoms with van der Waals surface area (Å²) in [5, 5.41) is 68.4. The number of carbonyl (C=O) groups is 2. The van der Waals surface area contributed by atoms with E-state index in [1.54, 1.807) is 80.4 Å². The van der Waals surface area contributed by atoms with Crippen molar-refractivity contribution in [2.45, 2.75) is 402 Å². The van der Waals surface area contributed by atoms with E-state index >= 15 is 0 Å². The summed E-state index contributed by atoms with van der Waals surface area (Å²) in [6, 6.07) is 0. The average Bonchev–Trinajstić information content (AvgIpc) is 1.64. The first-order valence-corrected chi connectivity index (χ1v) is 45.8. The molecule has 10 saturated heterocycles. The van der Waals surface area contributed by atoms with Gasteiger partial charge in [-0.1, -0.05) is 123 Å². The zero-order valence-electron chi connectivity index (χ0n) is 76.2. The summed E-state index contributed by atoms with van der Waals surface area (Å²) in [6.07, 6.45) is 12.1. The molecule has 0 radical (unpaired) electrons. The maximum absolute atomic E-state index is 14.4. The molecule has 694 valence electrons. The maximum atomic E-state index is 14.4. The van der Waals surface area contributed by atoms with Crippen molar-refractivity contribution in [3.63, 3.8) is 0 Å². The number of ether oxygens (including phenoxy) is 20. The van der Waals surface area contributed by atoms with Gasteiger partial charge in [-0.2, -0.15) is 0 Å². The Kier molecular flexibility index (Phi) is 31.9. The van der Waals surface area contributed by atoms with Gasteiger partial charge in [0.2, 0.25) is 0 Å². The van der Waals surface area contributed by atoms with Crippen molar-refractivity contribution in [2.24, 2.45) is 47.3 Å². The molecule has 28 nitrogen and oxygen atoms in total. The Hall–Kier alpha value is -4.10. The average molecular weight is 1740 g/mol. The van der Waals surface area contributed by atoms with Gasteiger partial charge in [-0.25, -0.2) is 0 Å². The molecule has 0 aromatic carbocycles. The van der Waals surface area contributed by atoms with Crippen LogP contribution < -0.4 is 0 Å². The largest absolute Gasteiger partial charge is 0.462 e. The van der Waals surface area contributed by atoms with Gasteiger partial charge in [-0.05, 0) is 138 Å². The molecule has 12 heterocycles. The Balaban J connectivity index is 0.000000212. The second-order valence-corrected chi connectivity index (χ2v) is 38.6. The van der Waals surface area contributed by atoms with Crippen LogP contribution in [0.25, 0.3) is 0 Å². The lowest BCUT2D eigenvalue weighted by Gasteiger charge is -2.51. The van der Waals surface area contributed by atoms with Crippen LogP contribution in [0.5, 0.6) is 0 Å². The molecule has 6 N–H and O–H groups in total. The third-order valence-electron chi connectivity index (χ3n) is 29.3. The van der Waals surface area contributed by atoms with Crippen molar-refractivity contribution in [3.8, 4) is 0 Å². The Labute approximate surface area is 728 Å². The minimum atomic E-state index is -1.82. The van der Waals surface area contributed by atoms with E-state index in [2.05, 4.69) is 81.4 Å². The second kappa shape index (κ2) is 40.7. The summed E-state index contributed by atoms with van der Waals surface area (Å²) in [7, 11) is 6.45. The fourth-order valence-corrected chi connectivity index (χ4v) is 21.8. The minimum Gasteiger partial charge on any atom is -0.462 e. The van der Waals surface area contributed by atoms with E-state index in [-0.39, 0.29) is 67.6 Å². The molecular formula is C95H146O28. The number of hydrogen-bond acceptors (Lipinski definition) is 28. The second-order valence-electron chi connectivity index (χ2n) is 38.6. The Morgan fingerprint density at radius 2 is 0.846 bits per heavy atom. The van der Waals surface area contributed by atoms with Crippen molar-refractivity contribution >= 4 is 11.9 Å². The molecule has 39 atom stereocenters. The minimum absolute atomic E-state index is 0.00708. The van der Waals surface area contributed by atoms with E-state index in [4.69, 9.17) is 94.7 Å². The molecule has 28 heteroatoms. The quantitative estimate of drug-likeness (QED) is 0.0655. The van der Waals surface area contributed by atoms with Gasteiger partial charge in [0.05, 0.1) is 98.7 Å². The zero-order valence-corrected chi connectivity index (χ0v) is 76.2. The molecule has 0 aromatic rings. The molecule has 0 amide bonds. The molecule has 12 aliphatic heterocycles. The summed E-state index contributed by atoms with van der Waals surface area (Å²) < 4.78 is 128. The van der Waals surface area contributed by atoms with Gasteiger partial charge >= 0.3 is 11.9 Å². The normalized spacial score (nSPS) is 49.5. The number of rotatable bonds is 15. The molecule has 2 spiro atoms. The smallest absolute Gasteiger partial charge is 0.316 e. The van der Waals surface area contributed by atoms with Gasteiger partial charge < -0.3 is 125 Å². The lowest BCUT2D eigenvalue weighted by Crippen LogP contribution is -2.58. The highest BCUT2D eigenvalue weighted by Crippen LogP contribution is 2.52. The van der Waals surface area contributed by atoms with Gasteiger partial charge in [0.15, 0.2) is 36.7 Å². The van der Waals surface area contributed by atoms with Crippen LogP contribution >= 0.6 is 0 Å². The zero-order chi connectivity index (χ0) is 88.6. The summed E-state index contributed by atoms with van der Waals surface area (Å²) in [4.78, 5) is 28.7. The molecule has 0 aromatic heterocycles.